The number of carbonyl (C=O) groups is 3. The molecule has 0 fully saturated rings. The number of allylic oxidation sites excluding steroid dienone is 4. The van der Waals surface area contributed by atoms with Crippen LogP contribution in [0.1, 0.15) is 323 Å². The second kappa shape index (κ2) is 55.5. The fourth-order valence-electron chi connectivity index (χ4n) is 8.77. The number of esters is 3. The monoisotopic (exact) mass is 929 g/mol. The highest BCUT2D eigenvalue weighted by Gasteiger charge is 2.19. The Kier molecular flexibility index (Phi) is 53.7. The number of ether oxygens (including phenoxy) is 3. The fourth-order valence-corrected chi connectivity index (χ4v) is 8.77. The summed E-state index contributed by atoms with van der Waals surface area (Å²) in [7, 11) is 0. The molecule has 1 atom stereocenters. The Morgan fingerprint density at radius 2 is 0.545 bits per heavy atom. The average molecular weight is 930 g/mol. The zero-order chi connectivity index (χ0) is 47.9. The van der Waals surface area contributed by atoms with Gasteiger partial charge in [0.05, 0.1) is 0 Å². The molecule has 6 heteroatoms. The first-order chi connectivity index (χ1) is 32.5. The molecular formula is C60H112O6. The molecule has 6 nitrogen and oxygen atoms in total. The highest BCUT2D eigenvalue weighted by Crippen LogP contribution is 2.17. The molecule has 0 bridgehead atoms. The van der Waals surface area contributed by atoms with Crippen LogP contribution in [0.3, 0.4) is 0 Å². The fraction of sp³-hybridized carbons (Fsp3) is 0.883. The van der Waals surface area contributed by atoms with Gasteiger partial charge in [0.15, 0.2) is 6.10 Å². The van der Waals surface area contributed by atoms with Gasteiger partial charge in [0.25, 0.3) is 0 Å². The van der Waals surface area contributed by atoms with E-state index in [0.29, 0.717) is 19.3 Å². The van der Waals surface area contributed by atoms with Gasteiger partial charge < -0.3 is 14.2 Å². The quantitative estimate of drug-likeness (QED) is 0.0262. The van der Waals surface area contributed by atoms with E-state index in [0.717, 1.165) is 64.2 Å². The summed E-state index contributed by atoms with van der Waals surface area (Å²) in [5.41, 5.74) is 0. The van der Waals surface area contributed by atoms with Gasteiger partial charge >= 0.3 is 17.9 Å². The van der Waals surface area contributed by atoms with Crippen LogP contribution < -0.4 is 0 Å². The third-order valence-corrected chi connectivity index (χ3v) is 13.2. The standard InChI is InChI=1S/C60H112O6/c1-4-7-10-13-16-19-21-23-25-26-27-28-29-30-31-32-33-34-35-37-38-41-44-47-50-53-59(62)65-56-57(55-64-58(61)52-49-46-43-40-18-15-12-9-6-3)66-60(63)54-51-48-45-42-39-36-24-22-20-17-14-11-8-5-2/h21,23,26-27,57H,4-20,22,24-25,28-56H2,1-3H3/b23-21-,27-26-. The Morgan fingerprint density at radius 1 is 0.303 bits per heavy atom. The first-order valence-electron chi connectivity index (χ1n) is 29.3. The van der Waals surface area contributed by atoms with E-state index in [4.69, 9.17) is 14.2 Å². The topological polar surface area (TPSA) is 78.9 Å². The molecule has 0 aliphatic carbocycles. The normalized spacial score (nSPS) is 12.1. The average Bonchev–Trinajstić information content (AvgIpc) is 3.31. The predicted octanol–water partition coefficient (Wildman–Crippen LogP) is 19.5. The van der Waals surface area contributed by atoms with Gasteiger partial charge in [0, 0.05) is 19.3 Å². The minimum atomic E-state index is -0.764. The van der Waals surface area contributed by atoms with Gasteiger partial charge in [-0.05, 0) is 51.4 Å². The van der Waals surface area contributed by atoms with Crippen molar-refractivity contribution in [1.82, 2.24) is 0 Å². The van der Waals surface area contributed by atoms with E-state index in [1.807, 2.05) is 0 Å². The summed E-state index contributed by atoms with van der Waals surface area (Å²) < 4.78 is 16.8. The summed E-state index contributed by atoms with van der Waals surface area (Å²) in [6.45, 7) is 6.65. The van der Waals surface area contributed by atoms with Crippen molar-refractivity contribution in [2.24, 2.45) is 0 Å². The Labute approximate surface area is 411 Å². The van der Waals surface area contributed by atoms with Gasteiger partial charge in [-0.15, -0.1) is 0 Å². The molecule has 388 valence electrons. The maximum absolute atomic E-state index is 12.8. The van der Waals surface area contributed by atoms with Gasteiger partial charge in [-0.3, -0.25) is 14.4 Å². The maximum Gasteiger partial charge on any atom is 0.306 e. The van der Waals surface area contributed by atoms with Gasteiger partial charge in [-0.25, -0.2) is 0 Å². The molecule has 0 aromatic carbocycles. The Morgan fingerprint density at radius 3 is 0.833 bits per heavy atom. The third-order valence-electron chi connectivity index (χ3n) is 13.2. The predicted molar refractivity (Wildman–Crippen MR) is 284 cm³/mol. The summed E-state index contributed by atoms with van der Waals surface area (Å²) >= 11 is 0. The lowest BCUT2D eigenvalue weighted by Gasteiger charge is -2.18. The highest BCUT2D eigenvalue weighted by atomic mass is 16.6. The Hall–Kier alpha value is -2.11. The van der Waals surface area contributed by atoms with Crippen molar-refractivity contribution in [2.45, 2.75) is 329 Å². The largest absolute Gasteiger partial charge is 0.462 e. The van der Waals surface area contributed by atoms with Crippen LogP contribution in [0, 0.1) is 0 Å². The lowest BCUT2D eigenvalue weighted by Crippen LogP contribution is -2.30. The van der Waals surface area contributed by atoms with Crippen molar-refractivity contribution in [3.63, 3.8) is 0 Å². The highest BCUT2D eigenvalue weighted by molar-refractivity contribution is 5.71. The third kappa shape index (κ3) is 52.9. The van der Waals surface area contributed by atoms with Crippen LogP contribution in [-0.4, -0.2) is 37.2 Å². The molecule has 0 aromatic heterocycles. The molecule has 0 aliphatic rings. The first-order valence-corrected chi connectivity index (χ1v) is 29.3. The maximum atomic E-state index is 12.8. The number of hydrogen-bond acceptors (Lipinski definition) is 6. The Bertz CT molecular complexity index is 1070. The molecule has 0 radical (unpaired) electrons. The van der Waals surface area contributed by atoms with Gasteiger partial charge in [0.2, 0.25) is 0 Å². The minimum absolute atomic E-state index is 0.0658. The molecule has 0 spiro atoms. The van der Waals surface area contributed by atoms with E-state index in [9.17, 15) is 14.4 Å². The molecule has 0 N–H and O–H groups in total. The second-order valence-electron chi connectivity index (χ2n) is 19.9. The zero-order valence-corrected chi connectivity index (χ0v) is 44.5. The lowest BCUT2D eigenvalue weighted by molar-refractivity contribution is -0.167. The molecular weight excluding hydrogens is 817 g/mol. The Balaban J connectivity index is 4.14. The number of carbonyl (C=O) groups excluding carboxylic acids is 3. The van der Waals surface area contributed by atoms with Crippen LogP contribution in [0.4, 0.5) is 0 Å². The molecule has 0 aliphatic heterocycles. The summed E-state index contributed by atoms with van der Waals surface area (Å²) in [5.74, 6) is -0.849. The van der Waals surface area contributed by atoms with Crippen LogP contribution in [0.15, 0.2) is 24.3 Å². The van der Waals surface area contributed by atoms with Crippen molar-refractivity contribution in [1.29, 1.82) is 0 Å². The van der Waals surface area contributed by atoms with Crippen molar-refractivity contribution in [2.75, 3.05) is 13.2 Å². The van der Waals surface area contributed by atoms with Crippen molar-refractivity contribution < 1.29 is 28.6 Å². The van der Waals surface area contributed by atoms with Crippen LogP contribution >= 0.6 is 0 Å². The van der Waals surface area contributed by atoms with E-state index in [1.165, 1.54) is 218 Å². The number of unbranched alkanes of at least 4 members (excludes halogenated alkanes) is 39. The zero-order valence-electron chi connectivity index (χ0n) is 44.5. The summed E-state index contributed by atoms with van der Waals surface area (Å²) in [6, 6.07) is 0. The summed E-state index contributed by atoms with van der Waals surface area (Å²) in [6.07, 6.45) is 64.7. The molecule has 66 heavy (non-hydrogen) atoms. The summed E-state index contributed by atoms with van der Waals surface area (Å²) in [4.78, 5) is 38.0. The van der Waals surface area contributed by atoms with Crippen molar-refractivity contribution in [3.8, 4) is 0 Å². The van der Waals surface area contributed by atoms with Crippen molar-refractivity contribution in [3.05, 3.63) is 24.3 Å². The second-order valence-corrected chi connectivity index (χ2v) is 19.9. The van der Waals surface area contributed by atoms with Gasteiger partial charge in [0.1, 0.15) is 13.2 Å². The molecule has 0 heterocycles. The van der Waals surface area contributed by atoms with Crippen LogP contribution in [0.25, 0.3) is 0 Å². The van der Waals surface area contributed by atoms with Gasteiger partial charge in [-0.1, -0.05) is 276 Å². The van der Waals surface area contributed by atoms with Gasteiger partial charge in [-0.2, -0.15) is 0 Å². The molecule has 0 saturated heterocycles. The van der Waals surface area contributed by atoms with E-state index in [2.05, 4.69) is 45.1 Å². The lowest BCUT2D eigenvalue weighted by atomic mass is 10.0. The molecule has 0 amide bonds. The smallest absolute Gasteiger partial charge is 0.306 e. The molecule has 0 aromatic rings. The molecule has 0 saturated carbocycles. The minimum Gasteiger partial charge on any atom is -0.462 e. The van der Waals surface area contributed by atoms with Crippen molar-refractivity contribution >= 4 is 17.9 Å². The van der Waals surface area contributed by atoms with Crippen LogP contribution in [0.2, 0.25) is 0 Å². The first kappa shape index (κ1) is 63.9. The van der Waals surface area contributed by atoms with E-state index in [-0.39, 0.29) is 31.1 Å². The van der Waals surface area contributed by atoms with E-state index in [1.54, 1.807) is 0 Å². The van der Waals surface area contributed by atoms with E-state index >= 15 is 0 Å². The summed E-state index contributed by atoms with van der Waals surface area (Å²) in [5, 5.41) is 0. The van der Waals surface area contributed by atoms with Crippen LogP contribution in [-0.2, 0) is 28.6 Å². The van der Waals surface area contributed by atoms with E-state index < -0.39 is 6.10 Å². The van der Waals surface area contributed by atoms with Crippen LogP contribution in [0.5, 0.6) is 0 Å². The SMILES string of the molecule is CCCCCCC/C=C\C/C=C\CCCCCCCCCCCCCCCC(=O)OCC(COC(=O)CCCCCCCCCCC)OC(=O)CCCCCCCCCCCCCCCC. The number of rotatable bonds is 54. The molecule has 1 unspecified atom stereocenters. The molecule has 0 rings (SSSR count). The number of hydrogen-bond donors (Lipinski definition) is 0.